The van der Waals surface area contributed by atoms with Crippen molar-refractivity contribution in [2.45, 2.75) is 6.42 Å². The van der Waals surface area contributed by atoms with E-state index in [0.717, 1.165) is 22.4 Å². The van der Waals surface area contributed by atoms with Gasteiger partial charge in [-0.3, -0.25) is 4.79 Å². The molecule has 0 atom stereocenters. The number of hydrogen-bond donors (Lipinski definition) is 1. The van der Waals surface area contributed by atoms with Crippen molar-refractivity contribution in [1.29, 1.82) is 0 Å². The van der Waals surface area contributed by atoms with Gasteiger partial charge in [0.1, 0.15) is 17.2 Å². The van der Waals surface area contributed by atoms with Gasteiger partial charge in [-0.15, -0.1) is 0 Å². The van der Waals surface area contributed by atoms with Gasteiger partial charge in [0.2, 0.25) is 0 Å². The first kappa shape index (κ1) is 24.5. The number of benzene rings is 4. The molecule has 0 aromatic heterocycles. The lowest BCUT2D eigenvalue weighted by Gasteiger charge is -2.14. The molecule has 0 spiro atoms. The monoisotopic (exact) mass is 476 g/mol. The Morgan fingerprint density at radius 1 is 0.750 bits per heavy atom. The van der Waals surface area contributed by atoms with E-state index in [9.17, 15) is 4.79 Å². The van der Waals surface area contributed by atoms with Gasteiger partial charge in [-0.05, 0) is 77.7 Å². The van der Waals surface area contributed by atoms with Gasteiger partial charge in [0.15, 0.2) is 0 Å². The summed E-state index contributed by atoms with van der Waals surface area (Å²) in [6.45, 7) is 0. The second-order valence-corrected chi connectivity index (χ2v) is 8.08. The summed E-state index contributed by atoms with van der Waals surface area (Å²) in [6.07, 6.45) is 2.56. The van der Waals surface area contributed by atoms with Crippen molar-refractivity contribution in [3.63, 3.8) is 0 Å². The van der Waals surface area contributed by atoms with Crippen LogP contribution in [0, 0.1) is 0 Å². The molecule has 5 heteroatoms. The van der Waals surface area contributed by atoms with Crippen LogP contribution in [0.4, 0.5) is 11.4 Å². The van der Waals surface area contributed by atoms with E-state index in [-0.39, 0.29) is 5.91 Å². The van der Waals surface area contributed by atoms with Gasteiger partial charge in [0, 0.05) is 5.69 Å². The third-order valence-electron chi connectivity index (χ3n) is 5.56. The van der Waals surface area contributed by atoms with Crippen LogP contribution < -0.4 is 14.8 Å². The molecule has 0 radical (unpaired) electrons. The summed E-state index contributed by atoms with van der Waals surface area (Å²) in [6, 6.07) is 34.6. The van der Waals surface area contributed by atoms with Crippen LogP contribution in [0.5, 0.6) is 11.5 Å². The number of anilines is 1. The maximum absolute atomic E-state index is 13.7. The molecule has 1 N–H and O–H groups in total. The second-order valence-electron chi connectivity index (χ2n) is 8.08. The first-order valence-electron chi connectivity index (χ1n) is 11.6. The quantitative estimate of drug-likeness (QED) is 0.272. The lowest BCUT2D eigenvalue weighted by atomic mass is 9.97. The predicted molar refractivity (Wildman–Crippen MR) is 146 cm³/mol. The standard InChI is InChI=1S/C31H28N2O3/c1-35-28-17-13-26(14-18-28)32-30(31(34)33-27-15-19-29(36-2)20-16-27)25(21-23-9-5-3-6-10-23)22-24-11-7-4-8-12-24/h3-21H,22H2,1-2H3,(H,33,34)/b25-21+,32-30?. The minimum Gasteiger partial charge on any atom is -0.497 e. The summed E-state index contributed by atoms with van der Waals surface area (Å²) in [5.74, 6) is 1.14. The molecule has 0 bridgehead atoms. The van der Waals surface area contributed by atoms with Crippen molar-refractivity contribution in [1.82, 2.24) is 0 Å². The van der Waals surface area contributed by atoms with Crippen LogP contribution in [0.3, 0.4) is 0 Å². The summed E-state index contributed by atoms with van der Waals surface area (Å²) in [7, 11) is 3.23. The molecule has 0 saturated heterocycles. The third-order valence-corrected chi connectivity index (χ3v) is 5.56. The van der Waals surface area contributed by atoms with E-state index in [0.29, 0.717) is 29.3 Å². The van der Waals surface area contributed by atoms with Crippen LogP contribution in [0.15, 0.2) is 120 Å². The number of carbonyl (C=O) groups is 1. The zero-order valence-electron chi connectivity index (χ0n) is 20.3. The van der Waals surface area contributed by atoms with Gasteiger partial charge in [0.25, 0.3) is 5.91 Å². The number of ether oxygens (including phenoxy) is 2. The summed E-state index contributed by atoms with van der Waals surface area (Å²) < 4.78 is 10.5. The van der Waals surface area contributed by atoms with Crippen LogP contribution in [0.25, 0.3) is 6.08 Å². The van der Waals surface area contributed by atoms with E-state index in [1.54, 1.807) is 38.5 Å². The highest BCUT2D eigenvalue weighted by Crippen LogP contribution is 2.23. The van der Waals surface area contributed by atoms with Crippen molar-refractivity contribution in [2.75, 3.05) is 19.5 Å². The molecule has 0 fully saturated rings. The highest BCUT2D eigenvalue weighted by Gasteiger charge is 2.18. The Kier molecular flexibility index (Phi) is 8.28. The topological polar surface area (TPSA) is 59.9 Å². The van der Waals surface area contributed by atoms with Crippen molar-refractivity contribution < 1.29 is 14.3 Å². The Hall–Kier alpha value is -4.64. The van der Waals surface area contributed by atoms with E-state index in [4.69, 9.17) is 14.5 Å². The Bertz CT molecular complexity index is 1330. The van der Waals surface area contributed by atoms with E-state index in [2.05, 4.69) is 5.32 Å². The fourth-order valence-corrected chi connectivity index (χ4v) is 3.69. The van der Waals surface area contributed by atoms with Crippen molar-refractivity contribution in [2.24, 2.45) is 4.99 Å². The minimum atomic E-state index is -0.297. The molecule has 4 rings (SSSR count). The summed E-state index contributed by atoms with van der Waals surface area (Å²) >= 11 is 0. The number of aliphatic imine (C=N–C) groups is 1. The third kappa shape index (κ3) is 6.70. The van der Waals surface area contributed by atoms with Gasteiger partial charge in [-0.1, -0.05) is 60.7 Å². The summed E-state index contributed by atoms with van der Waals surface area (Å²) in [4.78, 5) is 18.5. The number of methoxy groups -OCH3 is 2. The molecule has 0 heterocycles. The van der Waals surface area contributed by atoms with Crippen molar-refractivity contribution >= 4 is 29.1 Å². The fourth-order valence-electron chi connectivity index (χ4n) is 3.69. The van der Waals surface area contributed by atoms with Crippen LogP contribution in [-0.4, -0.2) is 25.8 Å². The normalized spacial score (nSPS) is 11.6. The molecule has 5 nitrogen and oxygen atoms in total. The summed E-state index contributed by atoms with van der Waals surface area (Å²) in [5.41, 5.74) is 4.52. The number of amides is 1. The Balaban J connectivity index is 1.77. The van der Waals surface area contributed by atoms with Gasteiger partial charge in [0.05, 0.1) is 19.9 Å². The van der Waals surface area contributed by atoms with E-state index >= 15 is 0 Å². The van der Waals surface area contributed by atoms with Crippen molar-refractivity contribution in [3.05, 3.63) is 126 Å². The average Bonchev–Trinajstić information content (AvgIpc) is 2.93. The number of nitrogens with zero attached hydrogens (tertiary/aromatic N) is 1. The minimum absolute atomic E-state index is 0.297. The largest absolute Gasteiger partial charge is 0.497 e. The fraction of sp³-hybridized carbons (Fsp3) is 0.0968. The number of nitrogens with one attached hydrogen (secondary N) is 1. The number of rotatable bonds is 9. The highest BCUT2D eigenvalue weighted by molar-refractivity contribution is 6.50. The summed E-state index contributed by atoms with van der Waals surface area (Å²) in [5, 5.41) is 3.00. The molecule has 4 aromatic carbocycles. The first-order valence-corrected chi connectivity index (χ1v) is 11.6. The average molecular weight is 477 g/mol. The van der Waals surface area contributed by atoms with Gasteiger partial charge < -0.3 is 14.8 Å². The zero-order chi connectivity index (χ0) is 25.2. The molecule has 36 heavy (non-hydrogen) atoms. The molecular weight excluding hydrogens is 448 g/mol. The lowest BCUT2D eigenvalue weighted by Crippen LogP contribution is -2.25. The van der Waals surface area contributed by atoms with Gasteiger partial charge in [-0.25, -0.2) is 4.99 Å². The second kappa shape index (κ2) is 12.2. The SMILES string of the molecule is COc1ccc(N=C(C(=O)Nc2ccc(OC)cc2)/C(=C/c2ccccc2)Cc2ccccc2)cc1. The molecule has 4 aromatic rings. The van der Waals surface area contributed by atoms with Crippen LogP contribution in [-0.2, 0) is 11.2 Å². The van der Waals surface area contributed by atoms with E-state index in [1.165, 1.54) is 0 Å². The zero-order valence-corrected chi connectivity index (χ0v) is 20.3. The van der Waals surface area contributed by atoms with Crippen LogP contribution in [0.1, 0.15) is 11.1 Å². The molecule has 1 amide bonds. The Morgan fingerprint density at radius 3 is 1.89 bits per heavy atom. The maximum Gasteiger partial charge on any atom is 0.274 e. The van der Waals surface area contributed by atoms with Gasteiger partial charge >= 0.3 is 0 Å². The van der Waals surface area contributed by atoms with Crippen LogP contribution >= 0.6 is 0 Å². The highest BCUT2D eigenvalue weighted by atomic mass is 16.5. The molecule has 180 valence electrons. The molecule has 0 aliphatic carbocycles. The van der Waals surface area contributed by atoms with Crippen LogP contribution in [0.2, 0.25) is 0 Å². The molecule has 0 aliphatic rings. The predicted octanol–water partition coefficient (Wildman–Crippen LogP) is 6.74. The number of carbonyl (C=O) groups excluding carboxylic acids is 1. The molecule has 0 saturated carbocycles. The maximum atomic E-state index is 13.7. The Labute approximate surface area is 211 Å². The number of hydrogen-bond acceptors (Lipinski definition) is 4. The molecular formula is C31H28N2O3. The van der Waals surface area contributed by atoms with Gasteiger partial charge in [-0.2, -0.15) is 0 Å². The van der Waals surface area contributed by atoms with E-state index < -0.39 is 0 Å². The lowest BCUT2D eigenvalue weighted by molar-refractivity contribution is -0.110. The Morgan fingerprint density at radius 2 is 1.31 bits per heavy atom. The smallest absolute Gasteiger partial charge is 0.274 e. The molecule has 0 unspecified atom stereocenters. The first-order chi connectivity index (χ1) is 17.6. The molecule has 0 aliphatic heterocycles. The van der Waals surface area contributed by atoms with Crippen molar-refractivity contribution in [3.8, 4) is 11.5 Å². The van der Waals surface area contributed by atoms with E-state index in [1.807, 2.05) is 91.0 Å².